The fourth-order valence-corrected chi connectivity index (χ4v) is 4.15. The molecule has 2 heterocycles. The van der Waals surface area contributed by atoms with Gasteiger partial charge in [-0.2, -0.15) is 0 Å². The van der Waals surface area contributed by atoms with E-state index in [0.717, 1.165) is 18.4 Å². The molecule has 0 bridgehead atoms. The van der Waals surface area contributed by atoms with E-state index in [2.05, 4.69) is 16.0 Å². The van der Waals surface area contributed by atoms with Crippen LogP contribution in [-0.4, -0.2) is 30.8 Å². The van der Waals surface area contributed by atoms with Crippen LogP contribution in [0.15, 0.2) is 35.6 Å². The highest BCUT2D eigenvalue weighted by Gasteiger charge is 2.45. The third kappa shape index (κ3) is 4.05. The van der Waals surface area contributed by atoms with Crippen LogP contribution >= 0.6 is 0 Å². The van der Waals surface area contributed by atoms with Gasteiger partial charge in [-0.1, -0.05) is 31.4 Å². The van der Waals surface area contributed by atoms with Crippen molar-refractivity contribution in [3.8, 4) is 0 Å². The van der Waals surface area contributed by atoms with E-state index in [1.165, 1.54) is 19.3 Å². The Balaban J connectivity index is 1.40. The molecule has 0 aromatic heterocycles. The molecular formula is C21H27N3O4. The minimum absolute atomic E-state index is 0.194. The molecule has 1 aromatic rings. The summed E-state index contributed by atoms with van der Waals surface area (Å²) in [6.45, 7) is 2.60. The number of carbonyl (C=O) groups is 2. The lowest BCUT2D eigenvalue weighted by Crippen LogP contribution is -2.54. The monoisotopic (exact) mass is 385 g/mol. The van der Waals surface area contributed by atoms with Gasteiger partial charge < -0.3 is 20.1 Å². The molecule has 1 aliphatic carbocycles. The van der Waals surface area contributed by atoms with Crippen molar-refractivity contribution < 1.29 is 19.1 Å². The predicted molar refractivity (Wildman–Crippen MR) is 104 cm³/mol. The number of allylic oxidation sites excluding steroid dienone is 1. The van der Waals surface area contributed by atoms with E-state index in [9.17, 15) is 9.59 Å². The standard InChI is InChI=1S/C21H27N3O4/c1-13-17(18-19(25)22-12-23-21(18)28-13)20(26)24-15-7-5-6-14(10-15)11-27-16-8-3-2-4-9-16/h5-7,10,16,18,21,23H,2-4,8-9,11-12H2,1H3,(H,22,25)(H,24,26). The first-order valence-corrected chi connectivity index (χ1v) is 10.0. The third-order valence-electron chi connectivity index (χ3n) is 5.61. The van der Waals surface area contributed by atoms with Gasteiger partial charge in [-0.3, -0.25) is 14.9 Å². The molecule has 2 aliphatic heterocycles. The molecule has 150 valence electrons. The van der Waals surface area contributed by atoms with Gasteiger partial charge in [-0.05, 0) is 37.5 Å². The molecule has 28 heavy (non-hydrogen) atoms. The number of anilines is 1. The fourth-order valence-electron chi connectivity index (χ4n) is 4.15. The van der Waals surface area contributed by atoms with Crippen LogP contribution in [0.3, 0.4) is 0 Å². The maximum atomic E-state index is 12.9. The van der Waals surface area contributed by atoms with Gasteiger partial charge >= 0.3 is 0 Å². The molecule has 2 unspecified atom stereocenters. The molecule has 7 heteroatoms. The lowest BCUT2D eigenvalue weighted by atomic mass is 9.95. The summed E-state index contributed by atoms with van der Waals surface area (Å²) in [5.41, 5.74) is 2.08. The molecule has 3 aliphatic rings. The number of amides is 2. The fraction of sp³-hybridized carbons (Fsp3) is 0.524. The smallest absolute Gasteiger partial charge is 0.255 e. The molecule has 2 fully saturated rings. The van der Waals surface area contributed by atoms with Crippen LogP contribution in [0.4, 0.5) is 5.69 Å². The Labute approximate surface area is 164 Å². The maximum Gasteiger partial charge on any atom is 0.255 e. The van der Waals surface area contributed by atoms with Crippen molar-refractivity contribution in [3.63, 3.8) is 0 Å². The molecular weight excluding hydrogens is 358 g/mol. The molecule has 1 aromatic carbocycles. The Hall–Kier alpha value is -2.38. The summed E-state index contributed by atoms with van der Waals surface area (Å²) >= 11 is 0. The lowest BCUT2D eigenvalue weighted by Gasteiger charge is -2.26. The van der Waals surface area contributed by atoms with Gasteiger partial charge in [-0.25, -0.2) is 0 Å². The first-order valence-electron chi connectivity index (χ1n) is 10.0. The zero-order valence-electron chi connectivity index (χ0n) is 16.1. The molecule has 2 atom stereocenters. The Morgan fingerprint density at radius 2 is 2.11 bits per heavy atom. The van der Waals surface area contributed by atoms with Gasteiger partial charge in [0.05, 0.1) is 25.0 Å². The molecule has 3 N–H and O–H groups in total. The van der Waals surface area contributed by atoms with Gasteiger partial charge in [0.25, 0.3) is 5.91 Å². The zero-order valence-corrected chi connectivity index (χ0v) is 16.1. The Bertz CT molecular complexity index is 786. The number of rotatable bonds is 5. The molecule has 1 saturated heterocycles. The number of fused-ring (bicyclic) bond motifs is 1. The van der Waals surface area contributed by atoms with Crippen LogP contribution in [0.2, 0.25) is 0 Å². The highest BCUT2D eigenvalue weighted by Crippen LogP contribution is 2.32. The van der Waals surface area contributed by atoms with Crippen molar-refractivity contribution in [2.24, 2.45) is 5.92 Å². The van der Waals surface area contributed by atoms with Crippen molar-refractivity contribution >= 4 is 17.5 Å². The van der Waals surface area contributed by atoms with Crippen LogP contribution in [0.1, 0.15) is 44.6 Å². The molecule has 1 saturated carbocycles. The van der Waals surface area contributed by atoms with E-state index < -0.39 is 12.1 Å². The molecule has 0 spiro atoms. The summed E-state index contributed by atoms with van der Waals surface area (Å²) < 4.78 is 11.7. The average Bonchev–Trinajstić information content (AvgIpc) is 3.05. The average molecular weight is 385 g/mol. The first kappa shape index (κ1) is 19.0. The van der Waals surface area contributed by atoms with Crippen molar-refractivity contribution in [2.75, 3.05) is 12.0 Å². The highest BCUT2D eigenvalue weighted by molar-refractivity contribution is 6.08. The second kappa shape index (κ2) is 8.32. The quantitative estimate of drug-likeness (QED) is 0.724. The summed E-state index contributed by atoms with van der Waals surface area (Å²) in [5.74, 6) is -0.657. The van der Waals surface area contributed by atoms with E-state index in [1.807, 2.05) is 24.3 Å². The van der Waals surface area contributed by atoms with Gasteiger partial charge in [0, 0.05) is 5.69 Å². The van der Waals surface area contributed by atoms with Gasteiger partial charge in [-0.15, -0.1) is 0 Å². The van der Waals surface area contributed by atoms with Gasteiger partial charge in [0.15, 0.2) is 6.23 Å². The molecule has 0 radical (unpaired) electrons. The summed E-state index contributed by atoms with van der Waals surface area (Å²) in [6, 6.07) is 7.66. The number of carbonyl (C=O) groups excluding carboxylic acids is 2. The zero-order chi connectivity index (χ0) is 19.5. The van der Waals surface area contributed by atoms with Gasteiger partial charge in [0.2, 0.25) is 5.91 Å². The van der Waals surface area contributed by atoms with Crippen LogP contribution < -0.4 is 16.0 Å². The van der Waals surface area contributed by atoms with Crippen LogP contribution in [0, 0.1) is 5.92 Å². The minimum Gasteiger partial charge on any atom is -0.478 e. The second-order valence-electron chi connectivity index (χ2n) is 7.63. The van der Waals surface area contributed by atoms with Crippen LogP contribution in [0.25, 0.3) is 0 Å². The molecule has 4 rings (SSSR count). The largest absolute Gasteiger partial charge is 0.478 e. The third-order valence-corrected chi connectivity index (χ3v) is 5.61. The van der Waals surface area contributed by atoms with Crippen molar-refractivity contribution in [1.29, 1.82) is 0 Å². The normalized spacial score (nSPS) is 25.1. The van der Waals surface area contributed by atoms with E-state index in [-0.39, 0.29) is 11.8 Å². The Morgan fingerprint density at radius 3 is 2.93 bits per heavy atom. The number of hydrogen-bond acceptors (Lipinski definition) is 5. The minimum atomic E-state index is -0.633. The van der Waals surface area contributed by atoms with Crippen molar-refractivity contribution in [1.82, 2.24) is 10.6 Å². The SMILES string of the molecule is CC1=C(C(=O)Nc2cccc(COC3CCCCC3)c2)C2C(=O)NCNC2O1. The maximum absolute atomic E-state index is 12.9. The van der Waals surface area contributed by atoms with E-state index >= 15 is 0 Å². The topological polar surface area (TPSA) is 88.7 Å². The van der Waals surface area contributed by atoms with Crippen LogP contribution in [0.5, 0.6) is 0 Å². The predicted octanol–water partition coefficient (Wildman–Crippen LogP) is 2.40. The number of ether oxygens (including phenoxy) is 2. The van der Waals surface area contributed by atoms with Crippen molar-refractivity contribution in [2.45, 2.75) is 58.0 Å². The number of hydrogen-bond donors (Lipinski definition) is 3. The van der Waals surface area contributed by atoms with E-state index in [0.29, 0.717) is 36.4 Å². The van der Waals surface area contributed by atoms with E-state index in [1.54, 1.807) is 6.92 Å². The Kier molecular flexibility index (Phi) is 5.64. The molecule has 7 nitrogen and oxygen atoms in total. The Morgan fingerprint density at radius 1 is 1.29 bits per heavy atom. The number of benzene rings is 1. The van der Waals surface area contributed by atoms with Gasteiger partial charge in [0.1, 0.15) is 11.7 Å². The summed E-state index contributed by atoms with van der Waals surface area (Å²) in [4.78, 5) is 25.1. The van der Waals surface area contributed by atoms with Crippen LogP contribution in [-0.2, 0) is 25.7 Å². The molecule has 2 amide bonds. The lowest BCUT2D eigenvalue weighted by molar-refractivity contribution is -0.131. The van der Waals surface area contributed by atoms with Crippen molar-refractivity contribution in [3.05, 3.63) is 41.2 Å². The summed E-state index contributed by atoms with van der Waals surface area (Å²) in [6.07, 6.45) is 5.89. The highest BCUT2D eigenvalue weighted by atomic mass is 16.5. The summed E-state index contributed by atoms with van der Waals surface area (Å²) in [5, 5.41) is 8.68. The number of nitrogens with one attached hydrogen (secondary N) is 3. The second-order valence-corrected chi connectivity index (χ2v) is 7.63. The van der Waals surface area contributed by atoms with E-state index in [4.69, 9.17) is 9.47 Å². The first-order chi connectivity index (χ1) is 13.6. The summed E-state index contributed by atoms with van der Waals surface area (Å²) in [7, 11) is 0.